The molecule has 0 saturated carbocycles. The van der Waals surface area contributed by atoms with Crippen molar-refractivity contribution >= 4 is 23.4 Å². The number of nitrogens with two attached hydrogens (primary N) is 1. The van der Waals surface area contributed by atoms with Crippen molar-refractivity contribution in [3.63, 3.8) is 0 Å². The first-order valence-corrected chi connectivity index (χ1v) is 8.76. The van der Waals surface area contributed by atoms with Crippen LogP contribution < -0.4 is 10.6 Å². The smallest absolute Gasteiger partial charge is 0.244 e. The molecular weight excluding hydrogens is 387 g/mol. The molecular formula is C20H18F3N3O3. The lowest BCUT2D eigenvalue weighted by Crippen LogP contribution is -2.42. The minimum atomic E-state index is -1.23. The Hall–Kier alpha value is -3.36. The fourth-order valence-electron chi connectivity index (χ4n) is 3.48. The van der Waals surface area contributed by atoms with Gasteiger partial charge in [0, 0.05) is 26.1 Å². The summed E-state index contributed by atoms with van der Waals surface area (Å²) in [6.45, 7) is -0.140. The maximum Gasteiger partial charge on any atom is 0.244 e. The summed E-state index contributed by atoms with van der Waals surface area (Å²) in [5.74, 6) is -5.12. The summed E-state index contributed by atoms with van der Waals surface area (Å²) in [5.41, 5.74) is 5.48. The molecule has 2 aromatic rings. The van der Waals surface area contributed by atoms with Crippen LogP contribution in [0.25, 0.3) is 0 Å². The van der Waals surface area contributed by atoms with Gasteiger partial charge in [-0.15, -0.1) is 0 Å². The van der Waals surface area contributed by atoms with Crippen molar-refractivity contribution in [3.05, 3.63) is 65.5 Å². The van der Waals surface area contributed by atoms with E-state index in [1.165, 1.54) is 25.2 Å². The Balaban J connectivity index is 1.82. The maximum atomic E-state index is 14.0. The van der Waals surface area contributed by atoms with Crippen LogP contribution in [-0.2, 0) is 14.4 Å². The number of nitrogens with zero attached hydrogens (tertiary/aromatic N) is 2. The highest BCUT2D eigenvalue weighted by Gasteiger charge is 2.40. The van der Waals surface area contributed by atoms with Gasteiger partial charge in [-0.25, -0.2) is 13.2 Å². The van der Waals surface area contributed by atoms with Crippen molar-refractivity contribution in [2.24, 2.45) is 11.7 Å². The van der Waals surface area contributed by atoms with Crippen LogP contribution in [0.5, 0.6) is 0 Å². The second kappa shape index (κ2) is 7.94. The van der Waals surface area contributed by atoms with E-state index in [2.05, 4.69) is 0 Å². The lowest BCUT2D eigenvalue weighted by atomic mass is 10.0. The summed E-state index contributed by atoms with van der Waals surface area (Å²) in [4.78, 5) is 39.3. The Morgan fingerprint density at radius 1 is 1.14 bits per heavy atom. The molecule has 2 aromatic carbocycles. The third-order valence-corrected chi connectivity index (χ3v) is 4.84. The molecule has 0 aliphatic carbocycles. The molecule has 152 valence electrons. The molecule has 2 unspecified atom stereocenters. The summed E-state index contributed by atoms with van der Waals surface area (Å²) >= 11 is 0. The van der Waals surface area contributed by atoms with Gasteiger partial charge >= 0.3 is 0 Å². The molecule has 0 aromatic heterocycles. The molecule has 0 radical (unpaired) electrons. The van der Waals surface area contributed by atoms with Gasteiger partial charge in [-0.3, -0.25) is 14.4 Å². The minimum absolute atomic E-state index is 0.133. The lowest BCUT2D eigenvalue weighted by molar-refractivity contribution is -0.141. The van der Waals surface area contributed by atoms with Crippen LogP contribution in [0.4, 0.5) is 18.9 Å². The van der Waals surface area contributed by atoms with Crippen LogP contribution in [0, 0.1) is 23.4 Å². The Bertz CT molecular complexity index is 982. The molecule has 3 rings (SSSR count). The normalized spacial score (nSPS) is 17.3. The molecule has 0 spiro atoms. The van der Waals surface area contributed by atoms with E-state index in [1.807, 2.05) is 0 Å². The monoisotopic (exact) mass is 405 g/mol. The molecule has 2 atom stereocenters. The fourth-order valence-corrected chi connectivity index (χ4v) is 3.48. The van der Waals surface area contributed by atoms with Gasteiger partial charge in [-0.2, -0.15) is 0 Å². The van der Waals surface area contributed by atoms with Crippen molar-refractivity contribution in [3.8, 4) is 0 Å². The quantitative estimate of drug-likeness (QED) is 0.827. The third kappa shape index (κ3) is 4.08. The first-order valence-electron chi connectivity index (χ1n) is 8.76. The summed E-state index contributed by atoms with van der Waals surface area (Å²) < 4.78 is 40.7. The van der Waals surface area contributed by atoms with Crippen molar-refractivity contribution in [2.75, 3.05) is 18.5 Å². The van der Waals surface area contributed by atoms with Crippen LogP contribution in [-0.4, -0.2) is 36.2 Å². The number of carbonyl (C=O) groups excluding carboxylic acids is 3. The SMILES string of the molecule is CN(C(=O)C1CC(=O)N(c2ccc(F)cc2F)C1)C(C(N)=O)c1cccc(F)c1. The zero-order valence-corrected chi connectivity index (χ0v) is 15.4. The van der Waals surface area contributed by atoms with E-state index in [0.717, 1.165) is 28.0 Å². The second-order valence-electron chi connectivity index (χ2n) is 6.81. The highest BCUT2D eigenvalue weighted by molar-refractivity contribution is 6.01. The van der Waals surface area contributed by atoms with Gasteiger partial charge in [0.1, 0.15) is 23.5 Å². The second-order valence-corrected chi connectivity index (χ2v) is 6.81. The summed E-state index contributed by atoms with van der Waals surface area (Å²) in [6, 6.07) is 6.69. The first-order chi connectivity index (χ1) is 13.7. The number of anilines is 1. The average Bonchev–Trinajstić information content (AvgIpc) is 3.02. The molecule has 1 heterocycles. The number of hydrogen-bond donors (Lipinski definition) is 1. The number of hydrogen-bond acceptors (Lipinski definition) is 3. The number of carbonyl (C=O) groups is 3. The van der Waals surface area contributed by atoms with E-state index in [1.54, 1.807) is 0 Å². The van der Waals surface area contributed by atoms with Gasteiger partial charge in [0.2, 0.25) is 17.7 Å². The Morgan fingerprint density at radius 3 is 2.45 bits per heavy atom. The van der Waals surface area contributed by atoms with Gasteiger partial charge in [-0.1, -0.05) is 12.1 Å². The zero-order valence-electron chi connectivity index (χ0n) is 15.4. The molecule has 1 aliphatic heterocycles. The number of amides is 3. The van der Waals surface area contributed by atoms with Crippen LogP contribution in [0.1, 0.15) is 18.0 Å². The van der Waals surface area contributed by atoms with Crippen molar-refractivity contribution < 1.29 is 27.6 Å². The fraction of sp³-hybridized carbons (Fsp3) is 0.250. The van der Waals surface area contributed by atoms with Crippen molar-refractivity contribution in [1.29, 1.82) is 0 Å². The number of likely N-dealkylation sites (N-methyl/N-ethyl adjacent to an activating group) is 1. The molecule has 9 heteroatoms. The van der Waals surface area contributed by atoms with Gasteiger partial charge in [0.05, 0.1) is 11.6 Å². The van der Waals surface area contributed by atoms with E-state index in [4.69, 9.17) is 5.73 Å². The standard InChI is InChI=1S/C20H18F3N3O3/c1-25(18(19(24)28)11-3-2-4-13(21)7-11)20(29)12-8-17(27)26(10-12)16-6-5-14(22)9-15(16)23/h2-7,9,12,18H,8,10H2,1H3,(H2,24,28). The highest BCUT2D eigenvalue weighted by atomic mass is 19.1. The van der Waals surface area contributed by atoms with E-state index < -0.39 is 47.1 Å². The van der Waals surface area contributed by atoms with E-state index >= 15 is 0 Å². The van der Waals surface area contributed by atoms with Crippen molar-refractivity contribution in [1.82, 2.24) is 4.90 Å². The molecule has 1 aliphatic rings. The minimum Gasteiger partial charge on any atom is -0.368 e. The lowest BCUT2D eigenvalue weighted by Gasteiger charge is -2.28. The molecule has 1 saturated heterocycles. The Morgan fingerprint density at radius 2 is 1.83 bits per heavy atom. The molecule has 3 amide bonds. The summed E-state index contributed by atoms with van der Waals surface area (Å²) in [5, 5.41) is 0. The number of halogens is 3. The average molecular weight is 405 g/mol. The largest absolute Gasteiger partial charge is 0.368 e. The van der Waals surface area contributed by atoms with Crippen LogP contribution in [0.3, 0.4) is 0 Å². The zero-order chi connectivity index (χ0) is 21.3. The molecule has 29 heavy (non-hydrogen) atoms. The van der Waals surface area contributed by atoms with Crippen LogP contribution in [0.15, 0.2) is 42.5 Å². The molecule has 2 N–H and O–H groups in total. The molecule has 6 nitrogen and oxygen atoms in total. The Labute approximate surface area is 164 Å². The Kier molecular flexibility index (Phi) is 5.58. The van der Waals surface area contributed by atoms with Crippen molar-refractivity contribution in [2.45, 2.75) is 12.5 Å². The van der Waals surface area contributed by atoms with Gasteiger partial charge in [0.25, 0.3) is 0 Å². The topological polar surface area (TPSA) is 83.7 Å². The number of benzene rings is 2. The number of primary amides is 1. The predicted molar refractivity (Wildman–Crippen MR) is 97.9 cm³/mol. The molecule has 1 fully saturated rings. The van der Waals surface area contributed by atoms with Crippen LogP contribution >= 0.6 is 0 Å². The maximum absolute atomic E-state index is 14.0. The first kappa shape index (κ1) is 20.4. The third-order valence-electron chi connectivity index (χ3n) is 4.84. The summed E-state index contributed by atoms with van der Waals surface area (Å²) in [6.07, 6.45) is -0.214. The number of rotatable bonds is 5. The highest BCUT2D eigenvalue weighted by Crippen LogP contribution is 2.30. The van der Waals surface area contributed by atoms with Gasteiger partial charge < -0.3 is 15.5 Å². The summed E-state index contributed by atoms with van der Waals surface area (Å²) in [7, 11) is 1.33. The van der Waals surface area contributed by atoms with Crippen LogP contribution in [0.2, 0.25) is 0 Å². The predicted octanol–water partition coefficient (Wildman–Crippen LogP) is 2.14. The van der Waals surface area contributed by atoms with E-state index in [-0.39, 0.29) is 24.2 Å². The van der Waals surface area contributed by atoms with Gasteiger partial charge in [-0.05, 0) is 29.8 Å². The van der Waals surface area contributed by atoms with E-state index in [0.29, 0.717) is 6.07 Å². The van der Waals surface area contributed by atoms with E-state index in [9.17, 15) is 27.6 Å². The molecule has 0 bridgehead atoms. The van der Waals surface area contributed by atoms with Gasteiger partial charge in [0.15, 0.2) is 0 Å².